The van der Waals surface area contributed by atoms with Crippen LogP contribution in [0, 0.1) is 5.92 Å². The molecule has 5 nitrogen and oxygen atoms in total. The molecule has 0 unspecified atom stereocenters. The minimum atomic E-state index is -0.591. The van der Waals surface area contributed by atoms with Crippen molar-refractivity contribution in [3.63, 3.8) is 0 Å². The van der Waals surface area contributed by atoms with E-state index in [0.717, 1.165) is 0 Å². The van der Waals surface area contributed by atoms with Gasteiger partial charge in [-0.05, 0) is 37.0 Å². The molecule has 0 atom stereocenters. The first-order chi connectivity index (χ1) is 9.61. The Kier molecular flexibility index (Phi) is 4.61. The molecule has 5 heteroatoms. The third kappa shape index (κ3) is 3.29. The van der Waals surface area contributed by atoms with Crippen molar-refractivity contribution in [3.8, 4) is 5.75 Å². The number of nitrogens with two attached hydrogens (primary N) is 2. The number of nitrogens with zero attached hydrogens (tertiary/aromatic N) is 1. The van der Waals surface area contributed by atoms with Gasteiger partial charge in [-0.1, -0.05) is 12.8 Å². The van der Waals surface area contributed by atoms with Crippen LogP contribution in [0.2, 0.25) is 0 Å². The van der Waals surface area contributed by atoms with Gasteiger partial charge in [0.15, 0.2) is 0 Å². The van der Waals surface area contributed by atoms with Gasteiger partial charge in [-0.2, -0.15) is 0 Å². The number of benzene rings is 1. The second kappa shape index (κ2) is 6.41. The summed E-state index contributed by atoms with van der Waals surface area (Å²) in [4.78, 5) is 15.3. The van der Waals surface area contributed by atoms with E-state index in [4.69, 9.17) is 16.2 Å². The number of aliphatic imine (C=N–C) groups is 1. The van der Waals surface area contributed by atoms with Crippen LogP contribution in [-0.2, 0) is 4.79 Å². The Morgan fingerprint density at radius 1 is 1.40 bits per heavy atom. The summed E-state index contributed by atoms with van der Waals surface area (Å²) in [6.07, 6.45) is 5.03. The Morgan fingerprint density at radius 2 is 2.10 bits per heavy atom. The van der Waals surface area contributed by atoms with E-state index in [1.54, 1.807) is 12.1 Å². The summed E-state index contributed by atoms with van der Waals surface area (Å²) in [5, 5.41) is 0. The van der Waals surface area contributed by atoms with E-state index in [1.165, 1.54) is 32.7 Å². The van der Waals surface area contributed by atoms with Gasteiger partial charge in [0, 0.05) is 18.3 Å². The fourth-order valence-corrected chi connectivity index (χ4v) is 2.58. The first-order valence-electron chi connectivity index (χ1n) is 6.91. The first-order valence-corrected chi connectivity index (χ1v) is 6.91. The molecule has 108 valence electrons. The zero-order valence-electron chi connectivity index (χ0n) is 11.8. The molecular weight excluding hydrogens is 254 g/mol. The Bertz CT molecular complexity index is 520. The molecule has 0 radical (unpaired) electrons. The number of carbonyl (C=O) groups is 1. The van der Waals surface area contributed by atoms with Crippen molar-refractivity contribution in [2.75, 3.05) is 19.4 Å². The molecule has 4 N–H and O–H groups in total. The molecule has 2 rings (SSSR count). The first kappa shape index (κ1) is 14.4. The van der Waals surface area contributed by atoms with Gasteiger partial charge in [-0.3, -0.25) is 9.79 Å². The average Bonchev–Trinajstić information content (AvgIpc) is 2.93. The minimum Gasteiger partial charge on any atom is -0.493 e. The topological polar surface area (TPSA) is 90.7 Å². The number of nitrogen functional groups attached to an aromatic ring is 1. The Morgan fingerprint density at radius 3 is 2.70 bits per heavy atom. The predicted octanol–water partition coefficient (Wildman–Crippen LogP) is 1.74. The van der Waals surface area contributed by atoms with Gasteiger partial charge in [-0.25, -0.2) is 0 Å². The second-order valence-electron chi connectivity index (χ2n) is 5.15. The summed E-state index contributed by atoms with van der Waals surface area (Å²) in [5.74, 6) is 0.738. The molecule has 1 aromatic carbocycles. The average molecular weight is 275 g/mol. The standard InChI is InChI=1S/C15H21N3O2/c1-18-14(15(17)19)12-8-11(6-7-13(12)16)20-9-10-4-2-3-5-10/h6-8,10H,2-5,9,16H2,1H3,(H2,17,19). The zero-order chi connectivity index (χ0) is 14.5. The number of amides is 1. The lowest BCUT2D eigenvalue weighted by Crippen LogP contribution is -2.25. The van der Waals surface area contributed by atoms with E-state index in [1.807, 2.05) is 6.07 Å². The van der Waals surface area contributed by atoms with Gasteiger partial charge in [0.2, 0.25) is 0 Å². The maximum absolute atomic E-state index is 11.4. The van der Waals surface area contributed by atoms with E-state index in [-0.39, 0.29) is 5.71 Å². The van der Waals surface area contributed by atoms with E-state index >= 15 is 0 Å². The van der Waals surface area contributed by atoms with Crippen molar-refractivity contribution in [1.29, 1.82) is 0 Å². The SMILES string of the molecule is CN=C(C(N)=O)c1cc(OCC2CCCC2)ccc1N. The Labute approximate surface area is 119 Å². The highest BCUT2D eigenvalue weighted by Gasteiger charge is 2.17. The van der Waals surface area contributed by atoms with Crippen molar-refractivity contribution in [2.24, 2.45) is 16.6 Å². The van der Waals surface area contributed by atoms with Crippen LogP contribution in [0.4, 0.5) is 5.69 Å². The third-order valence-electron chi connectivity index (χ3n) is 3.70. The molecule has 1 fully saturated rings. The Hall–Kier alpha value is -2.04. The van der Waals surface area contributed by atoms with Gasteiger partial charge >= 0.3 is 0 Å². The summed E-state index contributed by atoms with van der Waals surface area (Å²) in [7, 11) is 1.52. The molecule has 1 aromatic rings. The molecular formula is C15H21N3O2. The molecule has 0 spiro atoms. The predicted molar refractivity (Wildman–Crippen MR) is 80.0 cm³/mol. The summed E-state index contributed by atoms with van der Waals surface area (Å²) in [5.41, 5.74) is 12.4. The van der Waals surface area contributed by atoms with Gasteiger partial charge in [0.1, 0.15) is 11.5 Å². The molecule has 1 saturated carbocycles. The zero-order valence-corrected chi connectivity index (χ0v) is 11.8. The number of primary amides is 1. The summed E-state index contributed by atoms with van der Waals surface area (Å²) >= 11 is 0. The summed E-state index contributed by atoms with van der Waals surface area (Å²) in [6, 6.07) is 5.26. The molecule has 0 heterocycles. The largest absolute Gasteiger partial charge is 0.493 e. The van der Waals surface area contributed by atoms with E-state index in [9.17, 15) is 4.79 Å². The summed E-state index contributed by atoms with van der Waals surface area (Å²) < 4.78 is 5.80. The van der Waals surface area contributed by atoms with Crippen LogP contribution in [0.1, 0.15) is 31.2 Å². The number of hydrogen-bond donors (Lipinski definition) is 2. The van der Waals surface area contributed by atoms with Crippen LogP contribution in [0.5, 0.6) is 5.75 Å². The fourth-order valence-electron chi connectivity index (χ4n) is 2.58. The normalized spacial score (nSPS) is 16.4. The Balaban J connectivity index is 2.13. The number of anilines is 1. The fraction of sp³-hybridized carbons (Fsp3) is 0.467. The number of carbonyl (C=O) groups excluding carboxylic acids is 1. The van der Waals surface area contributed by atoms with Crippen LogP contribution in [0.25, 0.3) is 0 Å². The lowest BCUT2D eigenvalue weighted by molar-refractivity contribution is -0.111. The highest BCUT2D eigenvalue weighted by Crippen LogP contribution is 2.27. The van der Waals surface area contributed by atoms with Crippen LogP contribution in [0.15, 0.2) is 23.2 Å². The third-order valence-corrected chi connectivity index (χ3v) is 3.70. The van der Waals surface area contributed by atoms with Crippen LogP contribution >= 0.6 is 0 Å². The molecule has 1 amide bonds. The molecule has 0 aliphatic heterocycles. The monoisotopic (exact) mass is 275 g/mol. The smallest absolute Gasteiger partial charge is 0.267 e. The molecule has 0 saturated heterocycles. The van der Waals surface area contributed by atoms with E-state index in [2.05, 4.69) is 4.99 Å². The van der Waals surface area contributed by atoms with Crippen molar-refractivity contribution in [1.82, 2.24) is 0 Å². The quantitative estimate of drug-likeness (QED) is 0.633. The molecule has 0 aromatic heterocycles. The van der Waals surface area contributed by atoms with Crippen LogP contribution in [-0.4, -0.2) is 25.3 Å². The number of hydrogen-bond acceptors (Lipinski definition) is 4. The van der Waals surface area contributed by atoms with Crippen molar-refractivity contribution in [2.45, 2.75) is 25.7 Å². The van der Waals surface area contributed by atoms with Crippen LogP contribution in [0.3, 0.4) is 0 Å². The molecule has 1 aliphatic rings. The van der Waals surface area contributed by atoms with E-state index < -0.39 is 5.91 Å². The van der Waals surface area contributed by atoms with E-state index in [0.29, 0.717) is 29.5 Å². The van der Waals surface area contributed by atoms with Crippen molar-refractivity contribution >= 4 is 17.3 Å². The summed E-state index contributed by atoms with van der Waals surface area (Å²) in [6.45, 7) is 0.707. The van der Waals surface area contributed by atoms with Gasteiger partial charge in [0.05, 0.1) is 6.61 Å². The van der Waals surface area contributed by atoms with Crippen molar-refractivity contribution in [3.05, 3.63) is 23.8 Å². The van der Waals surface area contributed by atoms with Gasteiger partial charge in [-0.15, -0.1) is 0 Å². The molecule has 1 aliphatic carbocycles. The molecule has 0 bridgehead atoms. The van der Waals surface area contributed by atoms with Gasteiger partial charge < -0.3 is 16.2 Å². The molecule has 20 heavy (non-hydrogen) atoms. The van der Waals surface area contributed by atoms with Crippen molar-refractivity contribution < 1.29 is 9.53 Å². The van der Waals surface area contributed by atoms with Crippen LogP contribution < -0.4 is 16.2 Å². The highest BCUT2D eigenvalue weighted by molar-refractivity contribution is 6.45. The maximum atomic E-state index is 11.4. The number of rotatable bonds is 5. The second-order valence-corrected chi connectivity index (χ2v) is 5.15. The number of ether oxygens (including phenoxy) is 1. The highest BCUT2D eigenvalue weighted by atomic mass is 16.5. The lowest BCUT2D eigenvalue weighted by Gasteiger charge is -2.13. The lowest BCUT2D eigenvalue weighted by atomic mass is 10.1. The van der Waals surface area contributed by atoms with Gasteiger partial charge in [0.25, 0.3) is 5.91 Å². The minimum absolute atomic E-state index is 0.175. The maximum Gasteiger partial charge on any atom is 0.267 e.